The fourth-order valence-corrected chi connectivity index (χ4v) is 5.01. The molecular weight excluding hydrogens is 414 g/mol. The van der Waals surface area contributed by atoms with Crippen molar-refractivity contribution in [1.82, 2.24) is 24.6 Å². The highest BCUT2D eigenvalue weighted by Crippen LogP contribution is 2.33. The molecule has 3 aromatic heterocycles. The molecule has 8 nitrogen and oxygen atoms in total. The van der Waals surface area contributed by atoms with Gasteiger partial charge in [-0.1, -0.05) is 12.1 Å². The Morgan fingerprint density at radius 2 is 1.88 bits per heavy atom. The van der Waals surface area contributed by atoms with Gasteiger partial charge in [-0.3, -0.25) is 14.4 Å². The largest absolute Gasteiger partial charge is 0.351 e. The molecule has 2 aliphatic rings. The summed E-state index contributed by atoms with van der Waals surface area (Å²) in [5, 5.41) is 9.23. The van der Waals surface area contributed by atoms with Crippen molar-refractivity contribution in [2.75, 3.05) is 30.4 Å². The molecule has 0 spiro atoms. The Bertz CT molecular complexity index is 1360. The zero-order valence-corrected chi connectivity index (χ0v) is 18.6. The van der Waals surface area contributed by atoms with E-state index in [9.17, 15) is 4.79 Å². The molecule has 1 amide bonds. The molecule has 33 heavy (non-hydrogen) atoms. The lowest BCUT2D eigenvalue weighted by atomic mass is 10.1. The number of rotatable bonds is 4. The molecule has 2 bridgehead atoms. The van der Waals surface area contributed by atoms with Crippen LogP contribution in [-0.2, 0) is 7.05 Å². The lowest BCUT2D eigenvalue weighted by Gasteiger charge is -2.32. The van der Waals surface area contributed by atoms with Crippen LogP contribution in [0.15, 0.2) is 61.2 Å². The number of benzene rings is 1. The molecule has 1 N–H and O–H groups in total. The summed E-state index contributed by atoms with van der Waals surface area (Å²) in [6.07, 6.45) is 8.49. The first-order valence-corrected chi connectivity index (χ1v) is 11.2. The van der Waals surface area contributed by atoms with E-state index < -0.39 is 0 Å². The third-order valence-electron chi connectivity index (χ3n) is 6.82. The number of likely N-dealkylation sites (tertiary alicyclic amines) is 1. The van der Waals surface area contributed by atoms with Crippen LogP contribution < -0.4 is 10.2 Å². The molecule has 4 aromatic rings. The fourth-order valence-electron chi connectivity index (χ4n) is 5.01. The van der Waals surface area contributed by atoms with Crippen molar-refractivity contribution in [2.45, 2.75) is 18.5 Å². The molecule has 2 atom stereocenters. The number of nitrogens with zero attached hydrogens (tertiary/aromatic N) is 6. The zero-order valence-electron chi connectivity index (χ0n) is 18.6. The van der Waals surface area contributed by atoms with Gasteiger partial charge in [0, 0.05) is 67.3 Å². The van der Waals surface area contributed by atoms with E-state index in [2.05, 4.69) is 49.4 Å². The molecule has 0 radical (unpaired) electrons. The van der Waals surface area contributed by atoms with Gasteiger partial charge in [-0.25, -0.2) is 9.97 Å². The van der Waals surface area contributed by atoms with Gasteiger partial charge in [0.25, 0.3) is 5.91 Å². The predicted octanol–water partition coefficient (Wildman–Crippen LogP) is 3.18. The third kappa shape index (κ3) is 3.62. The zero-order chi connectivity index (χ0) is 22.5. The molecule has 8 heteroatoms. The number of hydrogen-bond donors (Lipinski definition) is 1. The quantitative estimate of drug-likeness (QED) is 0.526. The number of aromatic nitrogens is 4. The summed E-state index contributed by atoms with van der Waals surface area (Å²) in [5.41, 5.74) is 2.71. The number of carbonyl (C=O) groups is 1. The van der Waals surface area contributed by atoms with E-state index >= 15 is 0 Å². The number of piperazine rings is 1. The molecule has 2 saturated heterocycles. The minimum absolute atomic E-state index is 0.185. The summed E-state index contributed by atoms with van der Waals surface area (Å²) in [6.45, 7) is 2.01. The van der Waals surface area contributed by atoms with Crippen molar-refractivity contribution < 1.29 is 4.79 Å². The Labute approximate surface area is 191 Å². The van der Waals surface area contributed by atoms with Crippen molar-refractivity contribution in [1.29, 1.82) is 0 Å². The number of hydrogen-bond acceptors (Lipinski definition) is 6. The van der Waals surface area contributed by atoms with Crippen LogP contribution >= 0.6 is 0 Å². The first kappa shape index (κ1) is 19.9. The average molecular weight is 440 g/mol. The fraction of sp³-hybridized carbons (Fsp3) is 0.280. The highest BCUT2D eigenvalue weighted by molar-refractivity contribution is 6.05. The summed E-state index contributed by atoms with van der Waals surface area (Å²) in [7, 11) is 4.08. The summed E-state index contributed by atoms with van der Waals surface area (Å²) >= 11 is 0. The summed E-state index contributed by atoms with van der Waals surface area (Å²) < 4.78 is 1.78. The molecular formula is C25H25N7O. The number of pyridine rings is 2. The molecule has 166 valence electrons. The molecule has 2 aliphatic heterocycles. The Morgan fingerprint density at radius 1 is 0.970 bits per heavy atom. The summed E-state index contributed by atoms with van der Waals surface area (Å²) in [4.78, 5) is 26.7. The number of anilines is 2. The molecule has 0 aliphatic carbocycles. The molecule has 6 rings (SSSR count). The van der Waals surface area contributed by atoms with E-state index in [-0.39, 0.29) is 5.91 Å². The van der Waals surface area contributed by atoms with Crippen molar-refractivity contribution in [3.63, 3.8) is 0 Å². The van der Waals surface area contributed by atoms with E-state index in [1.54, 1.807) is 23.1 Å². The van der Waals surface area contributed by atoms with E-state index in [4.69, 9.17) is 0 Å². The lowest BCUT2D eigenvalue weighted by Crippen LogP contribution is -2.44. The van der Waals surface area contributed by atoms with Crippen molar-refractivity contribution in [3.05, 3.63) is 66.7 Å². The molecule has 2 unspecified atom stereocenters. The number of likely N-dealkylation sites (N-methyl/N-ethyl adjacent to an activating group) is 1. The van der Waals surface area contributed by atoms with Gasteiger partial charge in [0.1, 0.15) is 11.6 Å². The Kier molecular flexibility index (Phi) is 4.62. The SMILES string of the molecule is CN1CC2CC1CN2c1cc(C(=O)Nc2cc3cc(-c4cnn(C)c4)ccc3cn2)ccn1. The molecule has 1 aromatic carbocycles. The van der Waals surface area contributed by atoms with Crippen molar-refractivity contribution >= 4 is 28.3 Å². The van der Waals surface area contributed by atoms with E-state index in [0.29, 0.717) is 23.5 Å². The van der Waals surface area contributed by atoms with Crippen LogP contribution in [0.5, 0.6) is 0 Å². The topological polar surface area (TPSA) is 79.2 Å². The van der Waals surface area contributed by atoms with Crippen LogP contribution in [0.2, 0.25) is 0 Å². The van der Waals surface area contributed by atoms with E-state index in [0.717, 1.165) is 47.2 Å². The first-order chi connectivity index (χ1) is 16.0. The smallest absolute Gasteiger partial charge is 0.257 e. The lowest BCUT2D eigenvalue weighted by molar-refractivity contribution is 0.102. The van der Waals surface area contributed by atoms with Gasteiger partial charge >= 0.3 is 0 Å². The van der Waals surface area contributed by atoms with Gasteiger partial charge in [-0.2, -0.15) is 5.10 Å². The van der Waals surface area contributed by atoms with Crippen LogP contribution in [0.1, 0.15) is 16.8 Å². The Balaban J connectivity index is 1.23. The minimum Gasteiger partial charge on any atom is -0.351 e. The van der Waals surface area contributed by atoms with Crippen LogP contribution in [0, 0.1) is 0 Å². The Hall–Kier alpha value is -3.78. The van der Waals surface area contributed by atoms with Gasteiger partial charge in [-0.05, 0) is 48.7 Å². The summed E-state index contributed by atoms with van der Waals surface area (Å²) in [5.74, 6) is 1.21. The van der Waals surface area contributed by atoms with Gasteiger partial charge in [0.2, 0.25) is 0 Å². The second-order valence-corrected chi connectivity index (χ2v) is 9.03. The number of aryl methyl sites for hydroxylation is 1. The van der Waals surface area contributed by atoms with Crippen LogP contribution in [0.25, 0.3) is 21.9 Å². The normalized spacial score (nSPS) is 20.0. The van der Waals surface area contributed by atoms with Crippen LogP contribution in [0.4, 0.5) is 11.6 Å². The number of nitrogens with one attached hydrogen (secondary N) is 1. The van der Waals surface area contributed by atoms with Crippen LogP contribution in [-0.4, -0.2) is 62.8 Å². The van der Waals surface area contributed by atoms with Crippen molar-refractivity contribution in [3.8, 4) is 11.1 Å². The molecule has 0 saturated carbocycles. The molecule has 2 fully saturated rings. The van der Waals surface area contributed by atoms with Crippen LogP contribution in [0.3, 0.4) is 0 Å². The third-order valence-corrected chi connectivity index (χ3v) is 6.82. The van der Waals surface area contributed by atoms with Gasteiger partial charge in [0.05, 0.1) is 6.20 Å². The minimum atomic E-state index is -0.185. The number of fused-ring (bicyclic) bond motifs is 3. The average Bonchev–Trinajstić information content (AvgIpc) is 3.54. The van der Waals surface area contributed by atoms with E-state index in [1.807, 2.05) is 37.6 Å². The van der Waals surface area contributed by atoms with Gasteiger partial charge in [-0.15, -0.1) is 0 Å². The highest BCUT2D eigenvalue weighted by atomic mass is 16.1. The van der Waals surface area contributed by atoms with E-state index in [1.165, 1.54) is 0 Å². The van der Waals surface area contributed by atoms with Gasteiger partial charge < -0.3 is 10.2 Å². The maximum Gasteiger partial charge on any atom is 0.257 e. The second-order valence-electron chi connectivity index (χ2n) is 9.03. The molecule has 5 heterocycles. The number of amides is 1. The standard InChI is InChI=1S/C25H25N7O/c1-30-14-22-10-21(30)15-32(22)24-9-17(5-6-26-24)25(33)29-23-8-19-7-16(3-4-18(19)11-27-23)20-12-28-31(2)13-20/h3-9,11-13,21-22H,10,14-15H2,1-2H3,(H,27,29,33). The number of carbonyl (C=O) groups excluding carboxylic acids is 1. The maximum atomic E-state index is 13.0. The second kappa shape index (κ2) is 7.67. The Morgan fingerprint density at radius 3 is 2.64 bits per heavy atom. The van der Waals surface area contributed by atoms with Crippen molar-refractivity contribution in [2.24, 2.45) is 7.05 Å². The first-order valence-electron chi connectivity index (χ1n) is 11.2. The monoisotopic (exact) mass is 439 g/mol. The summed E-state index contributed by atoms with van der Waals surface area (Å²) in [6, 6.07) is 12.8. The maximum absolute atomic E-state index is 13.0. The van der Waals surface area contributed by atoms with Gasteiger partial charge in [0.15, 0.2) is 0 Å². The highest BCUT2D eigenvalue weighted by Gasteiger charge is 2.41. The predicted molar refractivity (Wildman–Crippen MR) is 128 cm³/mol.